The maximum absolute atomic E-state index is 13.0. The number of anilines is 1. The lowest BCUT2D eigenvalue weighted by atomic mass is 10.2. The number of halogens is 2. The average molecular weight is 440 g/mol. The zero-order valence-electron chi connectivity index (χ0n) is 16.0. The minimum Gasteiger partial charge on any atom is -0.347 e. The third-order valence-electron chi connectivity index (χ3n) is 4.50. The first-order chi connectivity index (χ1) is 14.2. The van der Waals surface area contributed by atoms with Gasteiger partial charge in [0.1, 0.15) is 23.5 Å². The van der Waals surface area contributed by atoms with E-state index in [1.54, 1.807) is 6.07 Å². The summed E-state index contributed by atoms with van der Waals surface area (Å²) >= 11 is 0. The van der Waals surface area contributed by atoms with Gasteiger partial charge in [0.25, 0.3) is 16.5 Å². The molecular formula is C17H18F2N6O4S. The zero-order chi connectivity index (χ0) is 21.5. The number of hydrogen-bond acceptors (Lipinski definition) is 9. The molecule has 0 radical (unpaired) electrons. The monoisotopic (exact) mass is 440 g/mol. The molecule has 13 heteroatoms. The number of aromatic nitrogens is 5. The van der Waals surface area contributed by atoms with Crippen LogP contribution < -0.4 is 4.90 Å². The van der Waals surface area contributed by atoms with Gasteiger partial charge >= 0.3 is 0 Å². The van der Waals surface area contributed by atoms with Crippen molar-refractivity contribution < 1.29 is 26.1 Å². The Morgan fingerprint density at radius 1 is 1.27 bits per heavy atom. The molecule has 0 saturated carbocycles. The Morgan fingerprint density at radius 3 is 2.80 bits per heavy atom. The van der Waals surface area contributed by atoms with Crippen LogP contribution in [0.1, 0.15) is 19.0 Å². The number of ether oxygens (including phenoxy) is 1. The summed E-state index contributed by atoms with van der Waals surface area (Å²) in [6.45, 7) is 2.25. The molecule has 2 unspecified atom stereocenters. The second-order valence-electron chi connectivity index (χ2n) is 6.80. The first-order valence-electron chi connectivity index (χ1n) is 8.93. The van der Waals surface area contributed by atoms with E-state index in [9.17, 15) is 17.2 Å². The van der Waals surface area contributed by atoms with Crippen molar-refractivity contribution in [3.8, 4) is 11.4 Å². The summed E-state index contributed by atoms with van der Waals surface area (Å²) in [5.74, 6) is 0.498. The largest absolute Gasteiger partial charge is 0.347 e. The smallest absolute Gasteiger partial charge is 0.282 e. The molecule has 1 saturated heterocycles. The maximum atomic E-state index is 13.0. The van der Waals surface area contributed by atoms with Crippen molar-refractivity contribution in [2.24, 2.45) is 0 Å². The predicted molar refractivity (Wildman–Crippen MR) is 101 cm³/mol. The van der Waals surface area contributed by atoms with Crippen molar-refractivity contribution in [2.45, 2.75) is 25.7 Å². The Balaban J connectivity index is 1.67. The van der Waals surface area contributed by atoms with E-state index in [4.69, 9.17) is 8.92 Å². The molecule has 4 rings (SSSR count). The van der Waals surface area contributed by atoms with Crippen LogP contribution >= 0.6 is 0 Å². The number of hydrogen-bond donors (Lipinski definition) is 0. The summed E-state index contributed by atoms with van der Waals surface area (Å²) in [7, 11) is -3.69. The van der Waals surface area contributed by atoms with E-state index in [0.29, 0.717) is 22.9 Å². The summed E-state index contributed by atoms with van der Waals surface area (Å²) in [5.41, 5.74) is 0.862. The fraction of sp³-hybridized carbons (Fsp3) is 0.412. The lowest BCUT2D eigenvalue weighted by Crippen LogP contribution is -2.50. The number of morpholine rings is 1. The molecule has 0 N–H and O–H groups in total. The van der Waals surface area contributed by atoms with Gasteiger partial charge in [-0.15, -0.1) is 0 Å². The molecule has 4 heterocycles. The van der Waals surface area contributed by atoms with Crippen LogP contribution in [0.5, 0.6) is 0 Å². The quantitative estimate of drug-likeness (QED) is 0.547. The minimum absolute atomic E-state index is 0.113. The standard InChI is InChI=1S/C17H18F2N6O4S/c1-10-8-28-16(29-30(2,26)27)7-24(10)15-5-12(21-9-22-15)13-6-20-14-4-3-11(17(18)19)23-25(13)14/h3-6,9-10,16-17H,7-8H2,1-2H3. The molecule has 1 fully saturated rings. The average Bonchev–Trinajstić information content (AvgIpc) is 3.11. The fourth-order valence-corrected chi connectivity index (χ4v) is 3.63. The summed E-state index contributed by atoms with van der Waals surface area (Å²) in [4.78, 5) is 14.5. The zero-order valence-corrected chi connectivity index (χ0v) is 16.8. The summed E-state index contributed by atoms with van der Waals surface area (Å²) in [6, 6.07) is 4.22. The van der Waals surface area contributed by atoms with Crippen molar-refractivity contribution in [2.75, 3.05) is 24.3 Å². The molecule has 2 atom stereocenters. The molecule has 1 aliphatic heterocycles. The molecule has 0 bridgehead atoms. The third-order valence-corrected chi connectivity index (χ3v) is 5.06. The number of fused-ring (bicyclic) bond motifs is 1. The lowest BCUT2D eigenvalue weighted by molar-refractivity contribution is -0.0927. The van der Waals surface area contributed by atoms with Crippen LogP contribution in [-0.2, 0) is 19.0 Å². The molecule has 0 spiro atoms. The summed E-state index contributed by atoms with van der Waals surface area (Å²) < 4.78 is 60.6. The van der Waals surface area contributed by atoms with Crippen LogP contribution in [0.25, 0.3) is 17.0 Å². The van der Waals surface area contributed by atoms with Crippen LogP contribution in [0.4, 0.5) is 14.6 Å². The van der Waals surface area contributed by atoms with Gasteiger partial charge in [-0.2, -0.15) is 13.5 Å². The first-order valence-corrected chi connectivity index (χ1v) is 10.7. The van der Waals surface area contributed by atoms with Crippen molar-refractivity contribution in [1.82, 2.24) is 24.6 Å². The van der Waals surface area contributed by atoms with E-state index in [0.717, 1.165) is 6.26 Å². The lowest BCUT2D eigenvalue weighted by Gasteiger charge is -2.37. The van der Waals surface area contributed by atoms with Gasteiger partial charge in [-0.05, 0) is 19.1 Å². The first kappa shape index (κ1) is 20.5. The van der Waals surface area contributed by atoms with Crippen LogP contribution in [0.2, 0.25) is 0 Å². The molecule has 0 aliphatic carbocycles. The van der Waals surface area contributed by atoms with Crippen LogP contribution in [0.3, 0.4) is 0 Å². The highest BCUT2D eigenvalue weighted by molar-refractivity contribution is 7.86. The molecule has 0 amide bonds. The van der Waals surface area contributed by atoms with Gasteiger partial charge < -0.3 is 9.64 Å². The van der Waals surface area contributed by atoms with Crippen molar-refractivity contribution >= 4 is 21.6 Å². The number of rotatable bonds is 5. The fourth-order valence-electron chi connectivity index (χ4n) is 3.13. The minimum atomic E-state index is -3.69. The van der Waals surface area contributed by atoms with Gasteiger partial charge in [0.05, 0.1) is 37.3 Å². The predicted octanol–water partition coefficient (Wildman–Crippen LogP) is 1.65. The van der Waals surface area contributed by atoms with Gasteiger partial charge in [-0.3, -0.25) is 0 Å². The molecular weight excluding hydrogens is 422 g/mol. The SMILES string of the molecule is CC1COC(OS(C)(=O)=O)CN1c1cc(-c2cnc3ccc(C(F)F)nn23)ncn1. The normalized spacial score (nSPS) is 20.2. The van der Waals surface area contributed by atoms with Gasteiger partial charge in [0.2, 0.25) is 0 Å². The Kier molecular flexibility index (Phi) is 5.34. The third kappa shape index (κ3) is 4.22. The number of imidazole rings is 1. The number of nitrogens with zero attached hydrogens (tertiary/aromatic N) is 6. The highest BCUT2D eigenvalue weighted by Gasteiger charge is 2.30. The van der Waals surface area contributed by atoms with Crippen molar-refractivity contribution in [3.63, 3.8) is 0 Å². The molecule has 160 valence electrons. The maximum Gasteiger partial charge on any atom is 0.282 e. The van der Waals surface area contributed by atoms with Gasteiger partial charge in [0, 0.05) is 6.07 Å². The van der Waals surface area contributed by atoms with E-state index in [1.807, 2.05) is 11.8 Å². The van der Waals surface area contributed by atoms with E-state index < -0.39 is 22.8 Å². The van der Waals surface area contributed by atoms with Crippen LogP contribution in [0, 0.1) is 0 Å². The summed E-state index contributed by atoms with van der Waals surface area (Å²) in [5, 5.41) is 3.94. The highest BCUT2D eigenvalue weighted by atomic mass is 32.2. The van der Waals surface area contributed by atoms with Crippen LogP contribution in [-0.4, -0.2) is 64.7 Å². The molecule has 3 aromatic heterocycles. The highest BCUT2D eigenvalue weighted by Crippen LogP contribution is 2.26. The topological polar surface area (TPSA) is 112 Å². The van der Waals surface area contributed by atoms with Crippen molar-refractivity contribution in [1.29, 1.82) is 0 Å². The molecule has 10 nitrogen and oxygen atoms in total. The van der Waals surface area contributed by atoms with E-state index in [-0.39, 0.29) is 24.9 Å². The van der Waals surface area contributed by atoms with E-state index in [1.165, 1.54) is 29.2 Å². The second-order valence-corrected chi connectivity index (χ2v) is 8.40. The Morgan fingerprint density at radius 2 is 2.07 bits per heavy atom. The molecule has 0 aromatic carbocycles. The molecule has 1 aliphatic rings. The van der Waals surface area contributed by atoms with Gasteiger partial charge in [0.15, 0.2) is 11.9 Å². The van der Waals surface area contributed by atoms with Crippen molar-refractivity contribution in [3.05, 3.63) is 36.4 Å². The Bertz CT molecular complexity index is 1170. The molecule has 30 heavy (non-hydrogen) atoms. The van der Waals surface area contributed by atoms with Gasteiger partial charge in [-0.1, -0.05) is 0 Å². The van der Waals surface area contributed by atoms with E-state index in [2.05, 4.69) is 20.1 Å². The molecule has 3 aromatic rings. The van der Waals surface area contributed by atoms with Gasteiger partial charge in [-0.25, -0.2) is 32.4 Å². The second kappa shape index (κ2) is 7.81. The Labute approximate surface area is 170 Å². The number of alkyl halides is 2. The Hall–Kier alpha value is -2.77. The van der Waals surface area contributed by atoms with E-state index >= 15 is 0 Å². The summed E-state index contributed by atoms with van der Waals surface area (Å²) in [6.07, 6.45) is 0.0807. The van der Waals surface area contributed by atoms with Crippen LogP contribution in [0.15, 0.2) is 30.7 Å².